The molecule has 162 valence electrons. The van der Waals surface area contributed by atoms with Gasteiger partial charge in [-0.15, -0.1) is 0 Å². The van der Waals surface area contributed by atoms with Crippen LogP contribution in [0.4, 0.5) is 5.69 Å². The summed E-state index contributed by atoms with van der Waals surface area (Å²) in [5.41, 5.74) is 2.42. The van der Waals surface area contributed by atoms with E-state index in [0.29, 0.717) is 30.4 Å². The van der Waals surface area contributed by atoms with Crippen molar-refractivity contribution in [3.63, 3.8) is 0 Å². The van der Waals surface area contributed by atoms with Crippen molar-refractivity contribution in [2.45, 2.75) is 50.8 Å². The lowest BCUT2D eigenvalue weighted by Crippen LogP contribution is -2.35. The van der Waals surface area contributed by atoms with Gasteiger partial charge in [0.15, 0.2) is 6.61 Å². The van der Waals surface area contributed by atoms with Crippen LogP contribution in [0.25, 0.3) is 0 Å². The third-order valence-corrected chi connectivity index (χ3v) is 7.23. The number of sulfonamides is 1. The normalized spacial score (nSPS) is 15.2. The molecule has 0 radical (unpaired) electrons. The van der Waals surface area contributed by atoms with E-state index >= 15 is 0 Å². The lowest BCUT2D eigenvalue weighted by molar-refractivity contribution is -0.118. The maximum atomic E-state index is 12.9. The Morgan fingerprint density at radius 3 is 2.53 bits per heavy atom. The molecule has 0 unspecified atom stereocenters. The van der Waals surface area contributed by atoms with Crippen molar-refractivity contribution in [3.8, 4) is 5.75 Å². The Kier molecular flexibility index (Phi) is 7.15. The number of carbonyl (C=O) groups excluding carboxylic acids is 1. The molecule has 30 heavy (non-hydrogen) atoms. The number of rotatable bonds is 7. The van der Waals surface area contributed by atoms with Gasteiger partial charge in [-0.3, -0.25) is 4.79 Å². The SMILES string of the molecule is Cc1ccc(S(=O)(=O)N2CCCCC2)cc1NC(=O)COc1cccc(C(C)C)c1. The molecular weight excluding hydrogens is 400 g/mol. The van der Waals surface area contributed by atoms with Gasteiger partial charge < -0.3 is 10.1 Å². The minimum absolute atomic E-state index is 0.149. The maximum absolute atomic E-state index is 12.9. The highest BCUT2D eigenvalue weighted by atomic mass is 32.2. The smallest absolute Gasteiger partial charge is 0.262 e. The first-order valence-corrected chi connectivity index (χ1v) is 11.8. The average molecular weight is 431 g/mol. The van der Waals surface area contributed by atoms with E-state index in [-0.39, 0.29) is 17.4 Å². The van der Waals surface area contributed by atoms with Gasteiger partial charge >= 0.3 is 0 Å². The van der Waals surface area contributed by atoms with E-state index < -0.39 is 10.0 Å². The molecule has 1 saturated heterocycles. The van der Waals surface area contributed by atoms with E-state index in [1.807, 2.05) is 31.2 Å². The molecule has 0 saturated carbocycles. The van der Waals surface area contributed by atoms with Crippen LogP contribution in [0, 0.1) is 6.92 Å². The lowest BCUT2D eigenvalue weighted by atomic mass is 10.0. The molecule has 2 aromatic carbocycles. The number of benzene rings is 2. The molecule has 1 heterocycles. The number of anilines is 1. The Hall–Kier alpha value is -2.38. The fourth-order valence-electron chi connectivity index (χ4n) is 3.45. The fraction of sp³-hybridized carbons (Fsp3) is 0.435. The molecule has 1 fully saturated rings. The van der Waals surface area contributed by atoms with Crippen molar-refractivity contribution >= 4 is 21.6 Å². The van der Waals surface area contributed by atoms with Gasteiger partial charge in [-0.25, -0.2) is 8.42 Å². The summed E-state index contributed by atoms with van der Waals surface area (Å²) in [5.74, 6) is 0.671. The number of piperidine rings is 1. The first-order chi connectivity index (χ1) is 14.3. The molecule has 1 amide bonds. The van der Waals surface area contributed by atoms with Crippen molar-refractivity contribution in [2.75, 3.05) is 25.0 Å². The minimum Gasteiger partial charge on any atom is -0.484 e. The molecule has 1 N–H and O–H groups in total. The third-order valence-electron chi connectivity index (χ3n) is 5.33. The van der Waals surface area contributed by atoms with Gasteiger partial charge in [-0.05, 0) is 61.1 Å². The molecule has 0 spiro atoms. The average Bonchev–Trinajstić information content (AvgIpc) is 2.74. The molecule has 0 aromatic heterocycles. The largest absolute Gasteiger partial charge is 0.484 e. The summed E-state index contributed by atoms with van der Waals surface area (Å²) in [5, 5.41) is 2.79. The van der Waals surface area contributed by atoms with Crippen LogP contribution in [0.1, 0.15) is 50.2 Å². The first-order valence-electron chi connectivity index (χ1n) is 10.4. The Bertz CT molecular complexity index is 996. The highest BCUT2D eigenvalue weighted by molar-refractivity contribution is 7.89. The standard InChI is InChI=1S/C23H30N2O4S/c1-17(2)19-8-7-9-20(14-19)29-16-23(26)24-22-15-21(11-10-18(22)3)30(27,28)25-12-5-4-6-13-25/h7-11,14-15,17H,4-6,12-13,16H2,1-3H3,(H,24,26). The van der Waals surface area contributed by atoms with Crippen molar-refractivity contribution < 1.29 is 17.9 Å². The highest BCUT2D eigenvalue weighted by Crippen LogP contribution is 2.25. The monoisotopic (exact) mass is 430 g/mol. The van der Waals surface area contributed by atoms with Gasteiger partial charge in [0.25, 0.3) is 5.91 Å². The number of nitrogens with one attached hydrogen (secondary N) is 1. The molecule has 1 aliphatic heterocycles. The molecule has 2 aromatic rings. The van der Waals surface area contributed by atoms with Crippen LogP contribution in [0.5, 0.6) is 5.75 Å². The zero-order valence-corrected chi connectivity index (χ0v) is 18.7. The lowest BCUT2D eigenvalue weighted by Gasteiger charge is -2.26. The molecular formula is C23H30N2O4S. The van der Waals surface area contributed by atoms with E-state index in [4.69, 9.17) is 4.74 Å². The third kappa shape index (κ3) is 5.40. The predicted molar refractivity (Wildman–Crippen MR) is 118 cm³/mol. The van der Waals surface area contributed by atoms with E-state index in [9.17, 15) is 13.2 Å². The van der Waals surface area contributed by atoms with Crippen molar-refractivity contribution in [3.05, 3.63) is 53.6 Å². The number of aryl methyl sites for hydroxylation is 1. The minimum atomic E-state index is -3.55. The molecule has 1 aliphatic rings. The van der Waals surface area contributed by atoms with Crippen LogP contribution in [0.2, 0.25) is 0 Å². The van der Waals surface area contributed by atoms with Crippen LogP contribution < -0.4 is 10.1 Å². The summed E-state index contributed by atoms with van der Waals surface area (Å²) in [4.78, 5) is 12.6. The van der Waals surface area contributed by atoms with E-state index in [0.717, 1.165) is 30.4 Å². The Morgan fingerprint density at radius 2 is 1.83 bits per heavy atom. The summed E-state index contributed by atoms with van der Waals surface area (Å²) < 4.78 is 33.0. The summed E-state index contributed by atoms with van der Waals surface area (Å²) in [7, 11) is -3.55. The van der Waals surface area contributed by atoms with Gasteiger partial charge in [0, 0.05) is 18.8 Å². The van der Waals surface area contributed by atoms with Crippen molar-refractivity contribution in [1.82, 2.24) is 4.31 Å². The van der Waals surface area contributed by atoms with Gasteiger partial charge in [0.1, 0.15) is 5.75 Å². The molecule has 0 aliphatic carbocycles. The Morgan fingerprint density at radius 1 is 1.10 bits per heavy atom. The fourth-order valence-corrected chi connectivity index (χ4v) is 4.99. The summed E-state index contributed by atoms with van der Waals surface area (Å²) in [6, 6.07) is 12.5. The highest BCUT2D eigenvalue weighted by Gasteiger charge is 2.26. The Labute approximate surface area is 179 Å². The molecule has 6 nitrogen and oxygen atoms in total. The number of carbonyl (C=O) groups is 1. The molecule has 0 bridgehead atoms. The number of hydrogen-bond acceptors (Lipinski definition) is 4. The van der Waals surface area contributed by atoms with Crippen LogP contribution in [-0.2, 0) is 14.8 Å². The number of amides is 1. The summed E-state index contributed by atoms with van der Waals surface area (Å²) >= 11 is 0. The summed E-state index contributed by atoms with van der Waals surface area (Å²) in [6.07, 6.45) is 2.81. The van der Waals surface area contributed by atoms with Crippen molar-refractivity contribution in [2.24, 2.45) is 0 Å². The van der Waals surface area contributed by atoms with Crippen LogP contribution >= 0.6 is 0 Å². The summed E-state index contributed by atoms with van der Waals surface area (Å²) in [6.45, 7) is 6.96. The zero-order chi connectivity index (χ0) is 21.7. The van der Waals surface area contributed by atoms with Gasteiger partial charge in [0.05, 0.1) is 4.90 Å². The number of nitrogens with zero attached hydrogens (tertiary/aromatic N) is 1. The van der Waals surface area contributed by atoms with Crippen LogP contribution in [-0.4, -0.2) is 38.3 Å². The van der Waals surface area contributed by atoms with Gasteiger partial charge in [0.2, 0.25) is 10.0 Å². The second-order valence-corrected chi connectivity index (χ2v) is 9.94. The Balaban J connectivity index is 1.68. The second kappa shape index (κ2) is 9.62. The van der Waals surface area contributed by atoms with E-state index in [1.165, 1.54) is 10.4 Å². The van der Waals surface area contributed by atoms with Crippen LogP contribution in [0.15, 0.2) is 47.4 Å². The topological polar surface area (TPSA) is 75.7 Å². The van der Waals surface area contributed by atoms with Crippen molar-refractivity contribution in [1.29, 1.82) is 0 Å². The van der Waals surface area contributed by atoms with Gasteiger partial charge in [-0.2, -0.15) is 4.31 Å². The maximum Gasteiger partial charge on any atom is 0.262 e. The number of ether oxygens (including phenoxy) is 1. The van der Waals surface area contributed by atoms with Crippen LogP contribution in [0.3, 0.4) is 0 Å². The first kappa shape index (κ1) is 22.3. The predicted octanol–water partition coefficient (Wildman–Crippen LogP) is 4.31. The number of hydrogen-bond donors (Lipinski definition) is 1. The zero-order valence-electron chi connectivity index (χ0n) is 17.8. The molecule has 0 atom stereocenters. The molecule has 3 rings (SSSR count). The second-order valence-electron chi connectivity index (χ2n) is 8.01. The van der Waals surface area contributed by atoms with E-state index in [2.05, 4.69) is 19.2 Å². The quantitative estimate of drug-likeness (QED) is 0.710. The van der Waals surface area contributed by atoms with Gasteiger partial charge in [-0.1, -0.05) is 38.5 Å². The van der Waals surface area contributed by atoms with E-state index in [1.54, 1.807) is 12.1 Å². The molecule has 7 heteroatoms.